The van der Waals surface area contributed by atoms with E-state index >= 15 is 0 Å². The average molecular weight is 315 g/mol. The summed E-state index contributed by atoms with van der Waals surface area (Å²) in [6.45, 7) is 6.11. The van der Waals surface area contributed by atoms with Crippen LogP contribution in [0.4, 0.5) is 4.39 Å². The standard InChI is InChI=1S/C20H26FNO/c1-3-19(14-20(23)17-10-12-18(21)13-11-17)22(4-2)15-16-8-6-5-7-9-16/h5-13,19-20,23H,3-4,14-15H2,1-2H3. The SMILES string of the molecule is CCC(CC(O)c1ccc(F)cc1)N(CC)Cc1ccccc1. The van der Waals surface area contributed by atoms with E-state index in [1.54, 1.807) is 12.1 Å². The summed E-state index contributed by atoms with van der Waals surface area (Å²) < 4.78 is 13.0. The summed E-state index contributed by atoms with van der Waals surface area (Å²) in [7, 11) is 0. The lowest BCUT2D eigenvalue weighted by Crippen LogP contribution is -2.35. The van der Waals surface area contributed by atoms with Gasteiger partial charge in [0.1, 0.15) is 5.82 Å². The maximum atomic E-state index is 13.0. The van der Waals surface area contributed by atoms with Gasteiger partial charge in [0.15, 0.2) is 0 Å². The van der Waals surface area contributed by atoms with Crippen molar-refractivity contribution in [3.05, 3.63) is 71.5 Å². The first kappa shape index (κ1) is 17.6. The molecule has 0 amide bonds. The molecule has 2 rings (SSSR count). The van der Waals surface area contributed by atoms with Gasteiger partial charge in [0, 0.05) is 12.6 Å². The van der Waals surface area contributed by atoms with E-state index in [1.807, 2.05) is 6.07 Å². The molecule has 0 fully saturated rings. The molecule has 0 heterocycles. The second-order valence-corrected chi connectivity index (χ2v) is 5.91. The Kier molecular flexibility index (Phi) is 6.75. The van der Waals surface area contributed by atoms with E-state index in [0.717, 1.165) is 25.1 Å². The van der Waals surface area contributed by atoms with Gasteiger partial charge in [-0.15, -0.1) is 0 Å². The molecule has 0 aromatic heterocycles. The number of nitrogens with zero attached hydrogens (tertiary/aromatic N) is 1. The zero-order chi connectivity index (χ0) is 16.7. The van der Waals surface area contributed by atoms with Crippen LogP contribution in [0.5, 0.6) is 0 Å². The Hall–Kier alpha value is -1.71. The zero-order valence-electron chi connectivity index (χ0n) is 14.0. The van der Waals surface area contributed by atoms with Crippen LogP contribution in [0.2, 0.25) is 0 Å². The van der Waals surface area contributed by atoms with Crippen LogP contribution >= 0.6 is 0 Å². The topological polar surface area (TPSA) is 23.5 Å². The molecule has 0 spiro atoms. The maximum Gasteiger partial charge on any atom is 0.123 e. The lowest BCUT2D eigenvalue weighted by atomic mass is 9.98. The Morgan fingerprint density at radius 2 is 1.65 bits per heavy atom. The second-order valence-electron chi connectivity index (χ2n) is 5.91. The Morgan fingerprint density at radius 3 is 2.22 bits per heavy atom. The van der Waals surface area contributed by atoms with Gasteiger partial charge in [0.2, 0.25) is 0 Å². The molecule has 2 aromatic carbocycles. The summed E-state index contributed by atoms with van der Waals surface area (Å²) in [5.74, 6) is -0.271. The minimum absolute atomic E-state index is 0.271. The molecule has 2 aromatic rings. The van der Waals surface area contributed by atoms with Crippen molar-refractivity contribution >= 4 is 0 Å². The molecule has 0 saturated carbocycles. The third kappa shape index (κ3) is 5.15. The predicted molar refractivity (Wildman–Crippen MR) is 92.6 cm³/mol. The molecule has 3 heteroatoms. The highest BCUT2D eigenvalue weighted by Crippen LogP contribution is 2.23. The van der Waals surface area contributed by atoms with Crippen LogP contribution in [-0.2, 0) is 6.54 Å². The normalized spacial score (nSPS) is 14.0. The fourth-order valence-corrected chi connectivity index (χ4v) is 2.97. The van der Waals surface area contributed by atoms with Crippen molar-refractivity contribution in [1.29, 1.82) is 0 Å². The van der Waals surface area contributed by atoms with Gasteiger partial charge in [0.25, 0.3) is 0 Å². The molecule has 0 aliphatic rings. The monoisotopic (exact) mass is 315 g/mol. The summed E-state index contributed by atoms with van der Waals surface area (Å²) in [6, 6.07) is 16.8. The molecule has 0 saturated heterocycles. The molecule has 2 nitrogen and oxygen atoms in total. The van der Waals surface area contributed by atoms with Gasteiger partial charge in [-0.3, -0.25) is 4.90 Å². The first-order valence-electron chi connectivity index (χ1n) is 8.35. The predicted octanol–water partition coefficient (Wildman–Crippen LogP) is 4.55. The average Bonchev–Trinajstić information content (AvgIpc) is 2.59. The lowest BCUT2D eigenvalue weighted by molar-refractivity contribution is 0.0975. The Labute approximate surface area is 138 Å². The molecule has 0 aliphatic heterocycles. The number of halogens is 1. The number of benzene rings is 2. The van der Waals surface area contributed by atoms with E-state index in [-0.39, 0.29) is 5.82 Å². The molecule has 124 valence electrons. The molecule has 1 N–H and O–H groups in total. The van der Waals surface area contributed by atoms with Crippen LogP contribution in [-0.4, -0.2) is 22.6 Å². The van der Waals surface area contributed by atoms with E-state index in [4.69, 9.17) is 0 Å². The number of rotatable bonds is 8. The summed E-state index contributed by atoms with van der Waals surface area (Å²) >= 11 is 0. The van der Waals surface area contributed by atoms with Gasteiger partial charge in [-0.1, -0.05) is 56.3 Å². The van der Waals surface area contributed by atoms with Crippen molar-refractivity contribution in [3.63, 3.8) is 0 Å². The van der Waals surface area contributed by atoms with Crippen molar-refractivity contribution < 1.29 is 9.50 Å². The van der Waals surface area contributed by atoms with E-state index in [9.17, 15) is 9.50 Å². The van der Waals surface area contributed by atoms with Crippen LogP contribution < -0.4 is 0 Å². The van der Waals surface area contributed by atoms with E-state index in [1.165, 1.54) is 17.7 Å². The first-order valence-corrected chi connectivity index (χ1v) is 8.35. The molecule has 0 radical (unpaired) electrons. The second kappa shape index (κ2) is 8.80. The summed E-state index contributed by atoms with van der Waals surface area (Å²) in [5.41, 5.74) is 2.06. The minimum atomic E-state index is -0.564. The largest absolute Gasteiger partial charge is 0.388 e. The Morgan fingerprint density at radius 1 is 1.00 bits per heavy atom. The van der Waals surface area contributed by atoms with E-state index in [0.29, 0.717) is 12.5 Å². The van der Waals surface area contributed by atoms with Gasteiger partial charge >= 0.3 is 0 Å². The molecular formula is C20H26FNO. The van der Waals surface area contributed by atoms with Crippen LogP contribution in [0.15, 0.2) is 54.6 Å². The van der Waals surface area contributed by atoms with Crippen molar-refractivity contribution in [3.8, 4) is 0 Å². The third-order valence-electron chi connectivity index (χ3n) is 4.37. The maximum absolute atomic E-state index is 13.0. The van der Waals surface area contributed by atoms with Crippen LogP contribution in [0.25, 0.3) is 0 Å². The highest BCUT2D eigenvalue weighted by Gasteiger charge is 2.20. The third-order valence-corrected chi connectivity index (χ3v) is 4.37. The molecule has 0 bridgehead atoms. The quantitative estimate of drug-likeness (QED) is 0.772. The Bertz CT molecular complexity index is 570. The molecule has 23 heavy (non-hydrogen) atoms. The molecule has 0 aliphatic carbocycles. The smallest absolute Gasteiger partial charge is 0.123 e. The van der Waals surface area contributed by atoms with Gasteiger partial charge in [-0.2, -0.15) is 0 Å². The fourth-order valence-electron chi connectivity index (χ4n) is 2.97. The zero-order valence-corrected chi connectivity index (χ0v) is 14.0. The van der Waals surface area contributed by atoms with Crippen LogP contribution in [0, 0.1) is 5.82 Å². The molecule has 2 atom stereocenters. The highest BCUT2D eigenvalue weighted by atomic mass is 19.1. The first-order chi connectivity index (χ1) is 11.1. The van der Waals surface area contributed by atoms with Crippen LogP contribution in [0.1, 0.15) is 43.9 Å². The van der Waals surface area contributed by atoms with Gasteiger partial charge in [0.05, 0.1) is 6.10 Å². The van der Waals surface area contributed by atoms with Gasteiger partial charge < -0.3 is 5.11 Å². The van der Waals surface area contributed by atoms with Gasteiger partial charge in [-0.25, -0.2) is 4.39 Å². The van der Waals surface area contributed by atoms with E-state index < -0.39 is 6.10 Å². The summed E-state index contributed by atoms with van der Waals surface area (Å²) in [6.07, 6.45) is 1.06. The molecular weight excluding hydrogens is 289 g/mol. The Balaban J connectivity index is 2.03. The summed E-state index contributed by atoms with van der Waals surface area (Å²) in [5, 5.41) is 10.5. The number of hydrogen-bond acceptors (Lipinski definition) is 2. The van der Waals surface area contributed by atoms with Crippen molar-refractivity contribution in [2.45, 2.75) is 45.4 Å². The van der Waals surface area contributed by atoms with Crippen molar-refractivity contribution in [1.82, 2.24) is 4.90 Å². The van der Waals surface area contributed by atoms with Crippen molar-refractivity contribution in [2.75, 3.05) is 6.54 Å². The lowest BCUT2D eigenvalue weighted by Gasteiger charge is -2.31. The van der Waals surface area contributed by atoms with E-state index in [2.05, 4.69) is 43.0 Å². The van der Waals surface area contributed by atoms with Crippen LogP contribution in [0.3, 0.4) is 0 Å². The fraction of sp³-hybridized carbons (Fsp3) is 0.400. The highest BCUT2D eigenvalue weighted by molar-refractivity contribution is 5.19. The number of hydrogen-bond donors (Lipinski definition) is 1. The number of aliphatic hydroxyl groups is 1. The molecule has 2 unspecified atom stereocenters. The minimum Gasteiger partial charge on any atom is -0.388 e. The van der Waals surface area contributed by atoms with Gasteiger partial charge in [-0.05, 0) is 42.6 Å². The number of aliphatic hydroxyl groups excluding tert-OH is 1. The van der Waals surface area contributed by atoms with Crippen molar-refractivity contribution in [2.24, 2.45) is 0 Å². The summed E-state index contributed by atoms with van der Waals surface area (Å²) in [4.78, 5) is 2.39.